The summed E-state index contributed by atoms with van der Waals surface area (Å²) in [6.45, 7) is 6.55. The maximum absolute atomic E-state index is 13.6. The molecule has 0 saturated heterocycles. The van der Waals surface area contributed by atoms with Gasteiger partial charge in [0.2, 0.25) is 0 Å². The Kier molecular flexibility index (Phi) is 5.21. The van der Waals surface area contributed by atoms with Gasteiger partial charge in [0.15, 0.2) is 11.6 Å². The van der Waals surface area contributed by atoms with E-state index >= 15 is 0 Å². The monoisotopic (exact) mass is 446 g/mol. The van der Waals surface area contributed by atoms with E-state index in [9.17, 15) is 9.59 Å². The van der Waals surface area contributed by atoms with Crippen LogP contribution in [0.1, 0.15) is 58.2 Å². The van der Waals surface area contributed by atoms with Crippen LogP contribution >= 0.6 is 0 Å². The third kappa shape index (κ3) is 3.63. The van der Waals surface area contributed by atoms with Crippen molar-refractivity contribution in [3.63, 3.8) is 0 Å². The summed E-state index contributed by atoms with van der Waals surface area (Å²) < 4.78 is 5.31. The highest BCUT2D eigenvalue weighted by Gasteiger charge is 2.32. The second-order valence-electron chi connectivity index (χ2n) is 9.71. The fourth-order valence-electron chi connectivity index (χ4n) is 4.55. The quantitative estimate of drug-likeness (QED) is 0.297. The summed E-state index contributed by atoms with van der Waals surface area (Å²) >= 11 is 0. The van der Waals surface area contributed by atoms with Crippen LogP contribution in [-0.2, 0) is 5.41 Å². The molecular formula is C31H26O3. The van der Waals surface area contributed by atoms with Gasteiger partial charge in [-0.05, 0) is 57.5 Å². The number of carbonyl (C=O) groups is 2. The third-order valence-electron chi connectivity index (χ3n) is 6.51. The van der Waals surface area contributed by atoms with Gasteiger partial charge in [0.05, 0.1) is 7.11 Å². The molecule has 0 aromatic heterocycles. The van der Waals surface area contributed by atoms with E-state index in [0.29, 0.717) is 22.3 Å². The molecule has 0 saturated carbocycles. The lowest BCUT2D eigenvalue weighted by molar-refractivity contribution is 0.0979. The van der Waals surface area contributed by atoms with E-state index in [1.54, 1.807) is 31.4 Å². The number of ether oxygens (including phenoxy) is 1. The Hall–Kier alpha value is -3.98. The number of fused-ring (bicyclic) bond motifs is 2. The SMILES string of the molecule is COc1ccc(-c2cc(-c3ccc(C(C)(C)C)cc3)cc3c2C(=O)c2ccccc2C3=O)cc1. The molecule has 3 nitrogen and oxygen atoms in total. The summed E-state index contributed by atoms with van der Waals surface area (Å²) in [6.07, 6.45) is 0. The summed E-state index contributed by atoms with van der Waals surface area (Å²) in [6, 6.07) is 27.0. The Morgan fingerprint density at radius 3 is 1.74 bits per heavy atom. The molecular weight excluding hydrogens is 420 g/mol. The zero-order valence-corrected chi connectivity index (χ0v) is 19.8. The number of carbonyl (C=O) groups excluding carboxylic acids is 2. The number of methoxy groups -OCH3 is 1. The average Bonchev–Trinajstić information content (AvgIpc) is 2.86. The van der Waals surface area contributed by atoms with Gasteiger partial charge in [0.1, 0.15) is 5.75 Å². The van der Waals surface area contributed by atoms with Crippen molar-refractivity contribution in [3.8, 4) is 28.0 Å². The number of hydrogen-bond acceptors (Lipinski definition) is 3. The highest BCUT2D eigenvalue weighted by molar-refractivity contribution is 6.30. The molecule has 3 heteroatoms. The number of ketones is 2. The van der Waals surface area contributed by atoms with Crippen LogP contribution in [-0.4, -0.2) is 18.7 Å². The fourth-order valence-corrected chi connectivity index (χ4v) is 4.55. The zero-order valence-electron chi connectivity index (χ0n) is 19.8. The summed E-state index contributed by atoms with van der Waals surface area (Å²) in [7, 11) is 1.62. The van der Waals surface area contributed by atoms with Gasteiger partial charge in [-0.3, -0.25) is 9.59 Å². The summed E-state index contributed by atoms with van der Waals surface area (Å²) in [5.74, 6) is 0.498. The lowest BCUT2D eigenvalue weighted by atomic mass is 9.78. The second-order valence-corrected chi connectivity index (χ2v) is 9.71. The minimum absolute atomic E-state index is 0.0503. The minimum atomic E-state index is -0.120. The molecule has 168 valence electrons. The van der Waals surface area contributed by atoms with Gasteiger partial charge >= 0.3 is 0 Å². The molecule has 0 amide bonds. The van der Waals surface area contributed by atoms with Crippen molar-refractivity contribution in [2.45, 2.75) is 26.2 Å². The molecule has 0 N–H and O–H groups in total. The first-order chi connectivity index (χ1) is 16.3. The predicted molar refractivity (Wildman–Crippen MR) is 136 cm³/mol. The molecule has 0 fully saturated rings. The van der Waals surface area contributed by atoms with Gasteiger partial charge in [-0.1, -0.05) is 81.4 Å². The molecule has 1 aliphatic carbocycles. The van der Waals surface area contributed by atoms with Gasteiger partial charge < -0.3 is 4.74 Å². The van der Waals surface area contributed by atoms with Crippen molar-refractivity contribution in [3.05, 3.63) is 113 Å². The van der Waals surface area contributed by atoms with E-state index in [2.05, 4.69) is 45.0 Å². The van der Waals surface area contributed by atoms with Crippen LogP contribution in [0.4, 0.5) is 0 Å². The van der Waals surface area contributed by atoms with Crippen molar-refractivity contribution in [1.82, 2.24) is 0 Å². The summed E-state index contributed by atoms with van der Waals surface area (Å²) in [4.78, 5) is 27.1. The van der Waals surface area contributed by atoms with Crippen LogP contribution in [0.25, 0.3) is 22.3 Å². The predicted octanol–water partition coefficient (Wildman–Crippen LogP) is 7.10. The van der Waals surface area contributed by atoms with Crippen molar-refractivity contribution < 1.29 is 14.3 Å². The van der Waals surface area contributed by atoms with E-state index in [1.807, 2.05) is 36.4 Å². The number of hydrogen-bond donors (Lipinski definition) is 0. The largest absolute Gasteiger partial charge is 0.497 e. The Morgan fingerprint density at radius 1 is 0.588 bits per heavy atom. The summed E-state index contributed by atoms with van der Waals surface area (Å²) in [5, 5.41) is 0. The molecule has 0 atom stereocenters. The Labute approximate surface area is 200 Å². The Morgan fingerprint density at radius 2 is 1.15 bits per heavy atom. The standard InChI is InChI=1S/C31H26O3/c1-31(2,3)22-13-9-19(10-14-22)21-17-26(20-11-15-23(34-4)16-12-20)28-27(18-21)29(32)24-7-5-6-8-25(24)30(28)33/h5-18H,1-4H3. The number of benzene rings is 4. The molecule has 1 aliphatic rings. The van der Waals surface area contributed by atoms with Crippen molar-refractivity contribution in [2.24, 2.45) is 0 Å². The molecule has 34 heavy (non-hydrogen) atoms. The molecule has 0 heterocycles. The van der Waals surface area contributed by atoms with Crippen LogP contribution in [0.15, 0.2) is 84.9 Å². The molecule has 0 unspecified atom stereocenters. The first-order valence-corrected chi connectivity index (χ1v) is 11.4. The van der Waals surface area contributed by atoms with E-state index in [-0.39, 0.29) is 17.0 Å². The van der Waals surface area contributed by atoms with Crippen LogP contribution in [0.5, 0.6) is 5.75 Å². The van der Waals surface area contributed by atoms with E-state index in [1.165, 1.54) is 5.56 Å². The molecule has 0 bridgehead atoms. The van der Waals surface area contributed by atoms with Gasteiger partial charge in [-0.25, -0.2) is 0 Å². The first-order valence-electron chi connectivity index (χ1n) is 11.4. The first kappa shape index (κ1) is 21.8. The van der Waals surface area contributed by atoms with Crippen LogP contribution in [0.3, 0.4) is 0 Å². The normalized spacial score (nSPS) is 12.8. The molecule has 5 rings (SSSR count). The van der Waals surface area contributed by atoms with E-state index < -0.39 is 0 Å². The average molecular weight is 447 g/mol. The van der Waals surface area contributed by atoms with Gasteiger partial charge in [-0.2, -0.15) is 0 Å². The van der Waals surface area contributed by atoms with Gasteiger partial charge in [0.25, 0.3) is 0 Å². The summed E-state index contributed by atoms with van der Waals surface area (Å²) in [5.41, 5.74) is 6.65. The van der Waals surface area contributed by atoms with E-state index in [0.717, 1.165) is 28.0 Å². The lowest BCUT2D eigenvalue weighted by Gasteiger charge is -2.22. The maximum atomic E-state index is 13.6. The van der Waals surface area contributed by atoms with Crippen molar-refractivity contribution >= 4 is 11.6 Å². The molecule has 4 aromatic rings. The van der Waals surface area contributed by atoms with Crippen LogP contribution in [0.2, 0.25) is 0 Å². The highest BCUT2D eigenvalue weighted by atomic mass is 16.5. The lowest BCUT2D eigenvalue weighted by Crippen LogP contribution is -2.22. The van der Waals surface area contributed by atoms with Crippen molar-refractivity contribution in [1.29, 1.82) is 0 Å². The Balaban J connectivity index is 1.74. The topological polar surface area (TPSA) is 43.4 Å². The van der Waals surface area contributed by atoms with E-state index in [4.69, 9.17) is 4.74 Å². The smallest absolute Gasteiger partial charge is 0.195 e. The van der Waals surface area contributed by atoms with Gasteiger partial charge in [0, 0.05) is 22.3 Å². The second kappa shape index (κ2) is 8.11. The van der Waals surface area contributed by atoms with Crippen molar-refractivity contribution in [2.75, 3.05) is 7.11 Å². The molecule has 0 aliphatic heterocycles. The molecule has 0 radical (unpaired) electrons. The third-order valence-corrected chi connectivity index (χ3v) is 6.51. The number of rotatable bonds is 3. The highest BCUT2D eigenvalue weighted by Crippen LogP contribution is 2.39. The zero-order chi connectivity index (χ0) is 24.0. The van der Waals surface area contributed by atoms with Gasteiger partial charge in [-0.15, -0.1) is 0 Å². The molecule has 0 spiro atoms. The maximum Gasteiger partial charge on any atom is 0.195 e. The van der Waals surface area contributed by atoms with Crippen LogP contribution in [0, 0.1) is 0 Å². The molecule has 4 aromatic carbocycles. The fraction of sp³-hybridized carbons (Fsp3) is 0.161. The Bertz CT molecular complexity index is 1420. The minimum Gasteiger partial charge on any atom is -0.497 e. The van der Waals surface area contributed by atoms with Crippen LogP contribution < -0.4 is 4.74 Å².